The number of hydrogen-bond donors (Lipinski definition) is 2. The van der Waals surface area contributed by atoms with Crippen LogP contribution in [0, 0.1) is 5.92 Å². The molecule has 1 aliphatic heterocycles. The van der Waals surface area contributed by atoms with Gasteiger partial charge in [0.15, 0.2) is 0 Å². The molecule has 1 unspecified atom stereocenters. The van der Waals surface area contributed by atoms with E-state index in [2.05, 4.69) is 29.4 Å². The molecule has 1 saturated heterocycles. The highest BCUT2D eigenvalue weighted by molar-refractivity contribution is 7.12. The third-order valence-electron chi connectivity index (χ3n) is 4.88. The molecule has 1 aromatic carbocycles. The molecular formula is C21H27N3O3S. The molecule has 0 radical (unpaired) electrons. The smallest absolute Gasteiger partial charge is 0.265 e. The van der Waals surface area contributed by atoms with Gasteiger partial charge in [-0.05, 0) is 35.6 Å². The van der Waals surface area contributed by atoms with Crippen molar-refractivity contribution in [3.8, 4) is 0 Å². The number of carbonyl (C=O) groups is 2. The van der Waals surface area contributed by atoms with E-state index in [1.165, 1.54) is 11.3 Å². The van der Waals surface area contributed by atoms with Gasteiger partial charge in [-0.25, -0.2) is 0 Å². The zero-order valence-corrected chi connectivity index (χ0v) is 17.1. The minimum absolute atomic E-state index is 0.133. The summed E-state index contributed by atoms with van der Waals surface area (Å²) in [4.78, 5) is 27.9. The first-order chi connectivity index (χ1) is 13.5. The number of nitrogens with one attached hydrogen (secondary N) is 2. The van der Waals surface area contributed by atoms with E-state index in [1.54, 1.807) is 30.3 Å². The van der Waals surface area contributed by atoms with Crippen molar-refractivity contribution in [2.24, 2.45) is 5.92 Å². The summed E-state index contributed by atoms with van der Waals surface area (Å²) in [6.07, 6.45) is 0. The first-order valence-electron chi connectivity index (χ1n) is 9.59. The van der Waals surface area contributed by atoms with Crippen LogP contribution in [0.5, 0.6) is 0 Å². The van der Waals surface area contributed by atoms with Crippen molar-refractivity contribution >= 4 is 28.8 Å². The average Bonchev–Trinajstić information content (AvgIpc) is 3.24. The van der Waals surface area contributed by atoms with Crippen molar-refractivity contribution in [1.29, 1.82) is 0 Å². The number of carbonyl (C=O) groups excluding carboxylic acids is 2. The average molecular weight is 402 g/mol. The molecule has 150 valence electrons. The Bertz CT molecular complexity index is 786. The molecule has 0 aliphatic carbocycles. The van der Waals surface area contributed by atoms with Gasteiger partial charge in [-0.2, -0.15) is 0 Å². The molecule has 28 heavy (non-hydrogen) atoms. The summed E-state index contributed by atoms with van der Waals surface area (Å²) in [6.45, 7) is 8.19. The van der Waals surface area contributed by atoms with E-state index in [1.807, 2.05) is 11.4 Å². The van der Waals surface area contributed by atoms with Crippen molar-refractivity contribution < 1.29 is 14.3 Å². The maximum Gasteiger partial charge on any atom is 0.265 e. The highest BCUT2D eigenvalue weighted by atomic mass is 32.1. The van der Waals surface area contributed by atoms with Gasteiger partial charge in [0.2, 0.25) is 0 Å². The lowest BCUT2D eigenvalue weighted by Crippen LogP contribution is -2.51. The van der Waals surface area contributed by atoms with Crippen LogP contribution in [0.4, 0.5) is 5.69 Å². The molecule has 3 rings (SSSR count). The largest absolute Gasteiger partial charge is 0.379 e. The molecule has 0 spiro atoms. The Hall–Kier alpha value is -2.22. The van der Waals surface area contributed by atoms with Crippen LogP contribution in [-0.2, 0) is 4.74 Å². The van der Waals surface area contributed by atoms with Crippen molar-refractivity contribution in [1.82, 2.24) is 10.2 Å². The number of anilines is 1. The van der Waals surface area contributed by atoms with E-state index in [9.17, 15) is 9.59 Å². The van der Waals surface area contributed by atoms with Crippen molar-refractivity contribution in [2.75, 3.05) is 38.2 Å². The topological polar surface area (TPSA) is 70.7 Å². The number of rotatable bonds is 7. The molecule has 2 amide bonds. The lowest BCUT2D eigenvalue weighted by atomic mass is 10.0. The van der Waals surface area contributed by atoms with Crippen LogP contribution in [0.3, 0.4) is 0 Å². The van der Waals surface area contributed by atoms with Crippen LogP contribution >= 0.6 is 11.3 Å². The van der Waals surface area contributed by atoms with Crippen molar-refractivity contribution in [3.05, 3.63) is 52.2 Å². The van der Waals surface area contributed by atoms with Gasteiger partial charge in [0.25, 0.3) is 11.8 Å². The standard InChI is InChI=1S/C21H27N3O3S/c1-15(2)18(24-8-10-27-11-9-24)14-22-20(25)16-5-3-6-17(13-16)23-21(26)19-7-4-12-28-19/h3-7,12-13,15,18H,8-11,14H2,1-2H3,(H,22,25)(H,23,26). The molecule has 2 aromatic rings. The quantitative estimate of drug-likeness (QED) is 0.748. The fourth-order valence-electron chi connectivity index (χ4n) is 3.33. The van der Waals surface area contributed by atoms with Crippen LogP contribution in [0.1, 0.15) is 33.9 Å². The minimum Gasteiger partial charge on any atom is -0.379 e. The molecule has 1 atom stereocenters. The number of thiophene rings is 1. The predicted octanol–water partition coefficient (Wildman–Crippen LogP) is 3.09. The van der Waals surface area contributed by atoms with E-state index in [-0.39, 0.29) is 17.9 Å². The molecular weight excluding hydrogens is 374 g/mol. The molecule has 7 heteroatoms. The van der Waals surface area contributed by atoms with Crippen molar-refractivity contribution in [3.63, 3.8) is 0 Å². The fraction of sp³-hybridized carbons (Fsp3) is 0.429. The summed E-state index contributed by atoms with van der Waals surface area (Å²) >= 11 is 1.38. The zero-order chi connectivity index (χ0) is 19.9. The van der Waals surface area contributed by atoms with Gasteiger partial charge in [-0.15, -0.1) is 11.3 Å². The molecule has 2 N–H and O–H groups in total. The van der Waals surface area contributed by atoms with Crippen LogP contribution in [-0.4, -0.2) is 55.6 Å². The molecule has 1 aromatic heterocycles. The maximum atomic E-state index is 12.7. The lowest BCUT2D eigenvalue weighted by molar-refractivity contribution is 0.00672. The number of hydrogen-bond acceptors (Lipinski definition) is 5. The Morgan fingerprint density at radius 3 is 2.61 bits per heavy atom. The van der Waals surface area contributed by atoms with Gasteiger partial charge in [0, 0.05) is 36.9 Å². The molecule has 1 fully saturated rings. The van der Waals surface area contributed by atoms with Gasteiger partial charge < -0.3 is 15.4 Å². The van der Waals surface area contributed by atoms with E-state index in [0.717, 1.165) is 26.3 Å². The number of benzene rings is 1. The Morgan fingerprint density at radius 2 is 1.93 bits per heavy atom. The lowest BCUT2D eigenvalue weighted by Gasteiger charge is -2.36. The number of amides is 2. The van der Waals surface area contributed by atoms with Gasteiger partial charge in [0.1, 0.15) is 0 Å². The SMILES string of the molecule is CC(C)C(CNC(=O)c1cccc(NC(=O)c2cccs2)c1)N1CCOCC1. The molecule has 0 saturated carbocycles. The number of nitrogens with zero attached hydrogens (tertiary/aromatic N) is 1. The summed E-state index contributed by atoms with van der Waals surface area (Å²) < 4.78 is 5.43. The summed E-state index contributed by atoms with van der Waals surface area (Å²) in [5, 5.41) is 7.76. The molecule has 6 nitrogen and oxygen atoms in total. The Balaban J connectivity index is 1.59. The van der Waals surface area contributed by atoms with E-state index in [0.29, 0.717) is 28.6 Å². The third kappa shape index (κ3) is 5.41. The summed E-state index contributed by atoms with van der Waals surface area (Å²) in [5.74, 6) is 0.126. The van der Waals surface area contributed by atoms with Crippen LogP contribution in [0.15, 0.2) is 41.8 Å². The first-order valence-corrected chi connectivity index (χ1v) is 10.5. The summed E-state index contributed by atoms with van der Waals surface area (Å²) in [5.41, 5.74) is 1.15. The van der Waals surface area contributed by atoms with E-state index < -0.39 is 0 Å². The van der Waals surface area contributed by atoms with Gasteiger partial charge >= 0.3 is 0 Å². The highest BCUT2D eigenvalue weighted by Gasteiger charge is 2.24. The van der Waals surface area contributed by atoms with Gasteiger partial charge in [-0.1, -0.05) is 26.0 Å². The first kappa shape index (κ1) is 20.5. The van der Waals surface area contributed by atoms with Crippen molar-refractivity contribution in [2.45, 2.75) is 19.9 Å². The second kappa shape index (κ2) is 9.82. The molecule has 0 bridgehead atoms. The van der Waals surface area contributed by atoms with Gasteiger partial charge in [0.05, 0.1) is 18.1 Å². The summed E-state index contributed by atoms with van der Waals surface area (Å²) in [7, 11) is 0. The van der Waals surface area contributed by atoms with Crippen LogP contribution in [0.2, 0.25) is 0 Å². The highest BCUT2D eigenvalue weighted by Crippen LogP contribution is 2.16. The minimum atomic E-state index is -0.167. The number of ether oxygens (including phenoxy) is 1. The number of morpholine rings is 1. The Morgan fingerprint density at radius 1 is 1.14 bits per heavy atom. The Labute approximate surface area is 169 Å². The van der Waals surface area contributed by atoms with Crippen LogP contribution < -0.4 is 10.6 Å². The van der Waals surface area contributed by atoms with Gasteiger partial charge in [-0.3, -0.25) is 14.5 Å². The molecule has 1 aliphatic rings. The third-order valence-corrected chi connectivity index (χ3v) is 5.75. The molecule has 2 heterocycles. The van der Waals surface area contributed by atoms with E-state index in [4.69, 9.17) is 4.74 Å². The predicted molar refractivity (Wildman–Crippen MR) is 112 cm³/mol. The maximum absolute atomic E-state index is 12.7. The zero-order valence-electron chi connectivity index (χ0n) is 16.3. The second-order valence-corrected chi connectivity index (χ2v) is 8.13. The second-order valence-electron chi connectivity index (χ2n) is 7.18. The van der Waals surface area contributed by atoms with Crippen LogP contribution in [0.25, 0.3) is 0 Å². The monoisotopic (exact) mass is 401 g/mol. The van der Waals surface area contributed by atoms with E-state index >= 15 is 0 Å². The normalized spacial score (nSPS) is 16.0. The Kier molecular flexibility index (Phi) is 7.19. The summed E-state index contributed by atoms with van der Waals surface area (Å²) in [6, 6.07) is 10.9. The fourth-order valence-corrected chi connectivity index (χ4v) is 3.95.